The molecule has 0 saturated heterocycles. The maximum Gasteiger partial charge on any atom is 0.124 e. The summed E-state index contributed by atoms with van der Waals surface area (Å²) < 4.78 is 18.4. The maximum atomic E-state index is 16.1. The maximum absolute atomic E-state index is 16.1. The molecule has 0 spiro atoms. The Hall–Kier alpha value is -6.16. The first-order chi connectivity index (χ1) is 28.3. The van der Waals surface area contributed by atoms with E-state index >= 15 is 4.39 Å². The molecule has 0 aliphatic rings. The minimum absolute atomic E-state index is 0. The van der Waals surface area contributed by atoms with Crippen LogP contribution in [-0.2, 0) is 31.9 Å². The summed E-state index contributed by atoms with van der Waals surface area (Å²) in [7, 11) is 0. The number of nitrogens with zero attached hydrogens (tertiary/aromatic N) is 3. The summed E-state index contributed by atoms with van der Waals surface area (Å²) in [4.78, 5) is 9.80. The van der Waals surface area contributed by atoms with Crippen molar-refractivity contribution in [3.8, 4) is 67.5 Å². The molecule has 9 rings (SSSR count). The van der Waals surface area contributed by atoms with Crippen molar-refractivity contribution in [1.82, 2.24) is 14.5 Å². The molecule has 3 heterocycles. The molecule has 6 heteroatoms. The van der Waals surface area contributed by atoms with Crippen LogP contribution >= 0.6 is 0 Å². The van der Waals surface area contributed by atoms with E-state index in [9.17, 15) is 5.11 Å². The summed E-state index contributed by atoms with van der Waals surface area (Å²) in [5.41, 5.74) is 12.6. The van der Waals surface area contributed by atoms with Crippen LogP contribution in [0.25, 0.3) is 83.5 Å². The van der Waals surface area contributed by atoms with E-state index in [1.165, 1.54) is 17.2 Å². The van der Waals surface area contributed by atoms with Crippen LogP contribution in [0.4, 0.5) is 4.39 Å². The van der Waals surface area contributed by atoms with Crippen LogP contribution in [0.15, 0.2) is 158 Å². The number of phenolic OH excluding ortho intramolecular Hbond substituents is 1. The van der Waals surface area contributed by atoms with E-state index in [0.29, 0.717) is 28.2 Å². The number of phenols is 1. The van der Waals surface area contributed by atoms with E-state index in [-0.39, 0.29) is 43.2 Å². The Bertz CT molecular complexity index is 3010. The number of benzene rings is 6. The van der Waals surface area contributed by atoms with Gasteiger partial charge in [0.15, 0.2) is 0 Å². The molecular formula is C54H45FN3OPt-. The number of para-hydroxylation sites is 4. The number of pyridine rings is 2. The molecule has 0 radical (unpaired) electrons. The fourth-order valence-electron chi connectivity index (χ4n) is 7.97. The summed E-state index contributed by atoms with van der Waals surface area (Å²) in [5.74, 6) is -0.298. The number of hydrogen-bond donors (Lipinski definition) is 1. The molecule has 0 fully saturated rings. The fourth-order valence-corrected chi connectivity index (χ4v) is 7.97. The SMILES string of the molecule is CC(C)(C)c1cc(-c2cc(-c3[c-]c(-c4cc(-c5cccc6c7ccccc7n(-c7ccccc7)c56)ccn4)c(F)cc3)nc(-c3ccccc3O)c2)cc(C(C)(C)C)c1.[Pt]. The van der Waals surface area contributed by atoms with Crippen molar-refractivity contribution in [2.75, 3.05) is 0 Å². The van der Waals surface area contributed by atoms with Gasteiger partial charge in [-0.05, 0) is 81.1 Å². The number of aromatic nitrogens is 3. The van der Waals surface area contributed by atoms with Gasteiger partial charge in [0.2, 0.25) is 0 Å². The second-order valence-corrected chi connectivity index (χ2v) is 17.4. The summed E-state index contributed by atoms with van der Waals surface area (Å²) in [5, 5.41) is 13.3. The van der Waals surface area contributed by atoms with Crippen molar-refractivity contribution in [3.63, 3.8) is 0 Å². The molecule has 300 valence electrons. The minimum atomic E-state index is -0.431. The van der Waals surface area contributed by atoms with Gasteiger partial charge in [-0.15, -0.1) is 12.1 Å². The van der Waals surface area contributed by atoms with Crippen LogP contribution < -0.4 is 0 Å². The first-order valence-electron chi connectivity index (χ1n) is 20.1. The van der Waals surface area contributed by atoms with Crippen LogP contribution in [0.5, 0.6) is 5.75 Å². The molecule has 1 N–H and O–H groups in total. The molecule has 0 aliphatic heterocycles. The molecule has 0 saturated carbocycles. The van der Waals surface area contributed by atoms with Gasteiger partial charge < -0.3 is 9.67 Å². The first-order valence-corrected chi connectivity index (χ1v) is 20.1. The zero-order chi connectivity index (χ0) is 41.1. The van der Waals surface area contributed by atoms with E-state index < -0.39 is 5.82 Å². The molecule has 4 nitrogen and oxygen atoms in total. The fraction of sp³-hybridized carbons (Fsp3) is 0.148. The summed E-state index contributed by atoms with van der Waals surface area (Å²) in [6.07, 6.45) is 1.74. The van der Waals surface area contributed by atoms with Crippen LogP contribution in [0.1, 0.15) is 52.7 Å². The van der Waals surface area contributed by atoms with Crippen LogP contribution in [0.2, 0.25) is 0 Å². The summed E-state index contributed by atoms with van der Waals surface area (Å²) in [6, 6.07) is 53.8. The van der Waals surface area contributed by atoms with Crippen LogP contribution in [0.3, 0.4) is 0 Å². The monoisotopic (exact) mass is 965 g/mol. The smallest absolute Gasteiger partial charge is 0.124 e. The molecule has 0 atom stereocenters. The Morgan fingerprint density at radius 3 is 1.92 bits per heavy atom. The van der Waals surface area contributed by atoms with Gasteiger partial charge in [-0.25, -0.2) is 0 Å². The van der Waals surface area contributed by atoms with Crippen LogP contribution in [0, 0.1) is 11.9 Å². The molecule has 0 amide bonds. The number of halogens is 1. The Kier molecular flexibility index (Phi) is 10.7. The van der Waals surface area contributed by atoms with Gasteiger partial charge in [0, 0.05) is 66.2 Å². The van der Waals surface area contributed by atoms with Gasteiger partial charge in [-0.3, -0.25) is 14.4 Å². The quantitative estimate of drug-likeness (QED) is 0.169. The Morgan fingerprint density at radius 2 is 1.18 bits per heavy atom. The third-order valence-corrected chi connectivity index (χ3v) is 11.2. The van der Waals surface area contributed by atoms with Gasteiger partial charge in [0.1, 0.15) is 5.75 Å². The average Bonchev–Trinajstić information content (AvgIpc) is 3.58. The number of fused-ring (bicyclic) bond motifs is 3. The van der Waals surface area contributed by atoms with Crippen molar-refractivity contribution < 1.29 is 30.6 Å². The molecule has 6 aromatic carbocycles. The van der Waals surface area contributed by atoms with E-state index in [4.69, 9.17) is 9.97 Å². The standard InChI is InChI=1S/C54H45FN3O.Pt/c1-53(2,3)38-27-36(28-39(33-38)54(4,5)6)37-31-47(57-49(32-37)44-18-11-13-22-51(44)59)35-23-24-46(55)45(29-35)48-30-34(25-26-56-48)41-19-14-20-43-42-17-10-12-21-50(42)58(52(41)43)40-15-8-7-9-16-40;/h7-28,30-33,59H,1-6H3;/q-1;. The molecule has 3 aromatic heterocycles. The van der Waals surface area contributed by atoms with E-state index in [0.717, 1.165) is 49.7 Å². The molecule has 0 unspecified atom stereocenters. The molecule has 0 bridgehead atoms. The van der Waals surface area contributed by atoms with Crippen molar-refractivity contribution in [3.05, 3.63) is 181 Å². The zero-order valence-electron chi connectivity index (χ0n) is 34.5. The Balaban J connectivity index is 0.00000499. The van der Waals surface area contributed by atoms with E-state index in [1.54, 1.807) is 24.4 Å². The van der Waals surface area contributed by atoms with Gasteiger partial charge in [-0.2, -0.15) is 0 Å². The van der Waals surface area contributed by atoms with Crippen molar-refractivity contribution in [2.24, 2.45) is 0 Å². The van der Waals surface area contributed by atoms with E-state index in [2.05, 4.69) is 137 Å². The molecule has 0 aliphatic carbocycles. The van der Waals surface area contributed by atoms with Crippen molar-refractivity contribution in [2.45, 2.75) is 52.4 Å². The zero-order valence-corrected chi connectivity index (χ0v) is 36.8. The third kappa shape index (κ3) is 7.59. The predicted molar refractivity (Wildman–Crippen MR) is 241 cm³/mol. The number of aromatic hydroxyl groups is 1. The molecular weight excluding hydrogens is 921 g/mol. The summed E-state index contributed by atoms with van der Waals surface area (Å²) >= 11 is 0. The number of hydrogen-bond acceptors (Lipinski definition) is 3. The van der Waals surface area contributed by atoms with Gasteiger partial charge >= 0.3 is 0 Å². The number of rotatable bonds is 6. The second kappa shape index (κ2) is 15.8. The average molecular weight is 966 g/mol. The summed E-state index contributed by atoms with van der Waals surface area (Å²) in [6.45, 7) is 13.4. The van der Waals surface area contributed by atoms with Crippen molar-refractivity contribution >= 4 is 21.8 Å². The van der Waals surface area contributed by atoms with Crippen LogP contribution in [-0.4, -0.2) is 19.6 Å². The normalized spacial score (nSPS) is 11.8. The largest absolute Gasteiger partial charge is 0.507 e. The molecule has 9 aromatic rings. The Morgan fingerprint density at radius 1 is 0.567 bits per heavy atom. The molecule has 60 heavy (non-hydrogen) atoms. The topological polar surface area (TPSA) is 50.9 Å². The first kappa shape index (κ1) is 40.6. The van der Waals surface area contributed by atoms with Gasteiger partial charge in [0.25, 0.3) is 0 Å². The predicted octanol–water partition coefficient (Wildman–Crippen LogP) is 14.1. The van der Waals surface area contributed by atoms with Gasteiger partial charge in [0.05, 0.1) is 22.5 Å². The second-order valence-electron chi connectivity index (χ2n) is 17.4. The van der Waals surface area contributed by atoms with E-state index in [1.807, 2.05) is 42.5 Å². The third-order valence-electron chi connectivity index (χ3n) is 11.2. The Labute approximate surface area is 365 Å². The minimum Gasteiger partial charge on any atom is -0.507 e. The van der Waals surface area contributed by atoms with Gasteiger partial charge in [-0.1, -0.05) is 156 Å². The van der Waals surface area contributed by atoms with Crippen molar-refractivity contribution in [1.29, 1.82) is 0 Å².